The number of aromatic nitrogens is 1. The maximum atomic E-state index is 12.2. The van der Waals surface area contributed by atoms with Crippen molar-refractivity contribution in [1.29, 1.82) is 0 Å². The summed E-state index contributed by atoms with van der Waals surface area (Å²) in [7, 11) is 1.53. The van der Waals surface area contributed by atoms with Crippen LogP contribution in [0.1, 0.15) is 15.9 Å². The Morgan fingerprint density at radius 1 is 1.41 bits per heavy atom. The molecule has 0 saturated carbocycles. The molecule has 0 unspecified atom stereocenters. The number of carbonyl (C=O) groups is 1. The Balaban J connectivity index is 1.58. The summed E-state index contributed by atoms with van der Waals surface area (Å²) in [5.74, 6) is 1.54. The van der Waals surface area contributed by atoms with E-state index >= 15 is 0 Å². The lowest BCUT2D eigenvalue weighted by molar-refractivity contribution is 0.0938. The van der Waals surface area contributed by atoms with E-state index in [2.05, 4.69) is 16.4 Å². The van der Waals surface area contributed by atoms with Gasteiger partial charge in [-0.1, -0.05) is 18.2 Å². The first kappa shape index (κ1) is 14.4. The second-order valence-corrected chi connectivity index (χ2v) is 5.29. The quantitative estimate of drug-likeness (QED) is 0.938. The van der Waals surface area contributed by atoms with Crippen LogP contribution in [0.5, 0.6) is 11.6 Å². The van der Waals surface area contributed by atoms with Crippen LogP contribution in [-0.4, -0.2) is 31.2 Å². The maximum absolute atomic E-state index is 12.2. The molecule has 3 rings (SSSR count). The van der Waals surface area contributed by atoms with Crippen molar-refractivity contribution in [2.24, 2.45) is 5.92 Å². The molecule has 0 radical (unpaired) electrons. The van der Waals surface area contributed by atoms with Gasteiger partial charge in [0.05, 0.1) is 13.7 Å². The van der Waals surface area contributed by atoms with Gasteiger partial charge in [-0.15, -0.1) is 0 Å². The summed E-state index contributed by atoms with van der Waals surface area (Å²) in [6, 6.07) is 11.3. The number of nitrogens with one attached hydrogen (secondary N) is 1. The van der Waals surface area contributed by atoms with E-state index in [0.29, 0.717) is 24.6 Å². The molecule has 1 amide bonds. The van der Waals surface area contributed by atoms with Crippen LogP contribution >= 0.6 is 0 Å². The molecule has 1 aromatic heterocycles. The fourth-order valence-corrected chi connectivity index (χ4v) is 2.52. The first-order valence-electron chi connectivity index (χ1n) is 7.25. The minimum Gasteiger partial charge on any atom is -0.493 e. The topological polar surface area (TPSA) is 60.5 Å². The van der Waals surface area contributed by atoms with Gasteiger partial charge in [-0.2, -0.15) is 0 Å². The van der Waals surface area contributed by atoms with Crippen molar-refractivity contribution >= 4 is 5.91 Å². The number of para-hydroxylation sites is 1. The van der Waals surface area contributed by atoms with Crippen LogP contribution in [0.2, 0.25) is 0 Å². The van der Waals surface area contributed by atoms with Crippen molar-refractivity contribution in [2.45, 2.75) is 6.42 Å². The molecule has 0 bridgehead atoms. The summed E-state index contributed by atoms with van der Waals surface area (Å²) in [5, 5.41) is 2.95. The number of hydrogen-bond donors (Lipinski definition) is 1. The number of nitrogens with zero attached hydrogens (tertiary/aromatic N) is 1. The number of hydrogen-bond acceptors (Lipinski definition) is 4. The highest BCUT2D eigenvalue weighted by atomic mass is 16.5. The summed E-state index contributed by atoms with van der Waals surface area (Å²) in [6.07, 6.45) is 2.48. The molecule has 5 nitrogen and oxygen atoms in total. The fraction of sp³-hybridized carbons (Fsp3) is 0.294. The van der Waals surface area contributed by atoms with Gasteiger partial charge >= 0.3 is 0 Å². The first-order valence-corrected chi connectivity index (χ1v) is 7.25. The van der Waals surface area contributed by atoms with Crippen LogP contribution < -0.4 is 14.8 Å². The van der Waals surface area contributed by atoms with Crippen LogP contribution in [0, 0.1) is 5.92 Å². The van der Waals surface area contributed by atoms with Crippen LogP contribution in [-0.2, 0) is 6.42 Å². The third kappa shape index (κ3) is 3.19. The fourth-order valence-electron chi connectivity index (χ4n) is 2.52. The maximum Gasteiger partial charge on any atom is 0.251 e. The number of carbonyl (C=O) groups excluding carboxylic acids is 1. The Bertz CT molecular complexity index is 672. The molecule has 5 heteroatoms. The molecular weight excluding hydrogens is 280 g/mol. The van der Waals surface area contributed by atoms with Crippen LogP contribution in [0.25, 0.3) is 0 Å². The molecule has 114 valence electrons. The summed E-state index contributed by atoms with van der Waals surface area (Å²) >= 11 is 0. The van der Waals surface area contributed by atoms with E-state index in [9.17, 15) is 4.79 Å². The molecule has 1 aromatic carbocycles. The summed E-state index contributed by atoms with van der Waals surface area (Å²) < 4.78 is 10.8. The van der Waals surface area contributed by atoms with E-state index in [1.807, 2.05) is 18.2 Å². The van der Waals surface area contributed by atoms with Gasteiger partial charge in [0.15, 0.2) is 0 Å². The molecule has 22 heavy (non-hydrogen) atoms. The Hall–Kier alpha value is -2.56. The highest BCUT2D eigenvalue weighted by molar-refractivity contribution is 5.94. The third-order valence-corrected chi connectivity index (χ3v) is 3.71. The highest BCUT2D eigenvalue weighted by Crippen LogP contribution is 2.26. The second-order valence-electron chi connectivity index (χ2n) is 5.29. The van der Waals surface area contributed by atoms with E-state index in [1.54, 1.807) is 18.3 Å². The molecule has 1 atom stereocenters. The largest absolute Gasteiger partial charge is 0.493 e. The van der Waals surface area contributed by atoms with Crippen molar-refractivity contribution in [3.63, 3.8) is 0 Å². The number of rotatable bonds is 4. The van der Waals surface area contributed by atoms with Gasteiger partial charge in [-0.3, -0.25) is 4.79 Å². The van der Waals surface area contributed by atoms with Crippen LogP contribution in [0.15, 0.2) is 42.6 Å². The van der Waals surface area contributed by atoms with E-state index in [0.717, 1.165) is 12.2 Å². The lowest BCUT2D eigenvalue weighted by atomic mass is 9.96. The van der Waals surface area contributed by atoms with E-state index in [4.69, 9.17) is 9.47 Å². The molecule has 2 heterocycles. The SMILES string of the molecule is COc1cc(C(=O)NC[C@H]2COc3ccccc3C2)ccn1. The molecule has 2 aromatic rings. The summed E-state index contributed by atoms with van der Waals surface area (Å²) in [5.41, 5.74) is 1.74. The number of benzene rings is 1. The summed E-state index contributed by atoms with van der Waals surface area (Å²) in [6.45, 7) is 1.20. The molecule has 1 aliphatic heterocycles. The zero-order chi connectivity index (χ0) is 15.4. The Morgan fingerprint density at radius 3 is 3.14 bits per heavy atom. The minimum atomic E-state index is -0.125. The van der Waals surface area contributed by atoms with E-state index < -0.39 is 0 Å². The normalized spacial score (nSPS) is 16.3. The zero-order valence-electron chi connectivity index (χ0n) is 12.4. The van der Waals surface area contributed by atoms with Gasteiger partial charge in [0, 0.05) is 30.3 Å². The van der Waals surface area contributed by atoms with Gasteiger partial charge in [0.2, 0.25) is 5.88 Å². The van der Waals surface area contributed by atoms with Crippen molar-refractivity contribution < 1.29 is 14.3 Å². The number of methoxy groups -OCH3 is 1. The van der Waals surface area contributed by atoms with Gasteiger partial charge in [-0.25, -0.2) is 4.98 Å². The van der Waals surface area contributed by atoms with Gasteiger partial charge in [0.25, 0.3) is 5.91 Å². The predicted octanol–water partition coefficient (Wildman–Crippen LogP) is 2.07. The Labute approximate surface area is 129 Å². The minimum absolute atomic E-state index is 0.125. The number of fused-ring (bicyclic) bond motifs is 1. The highest BCUT2D eigenvalue weighted by Gasteiger charge is 2.20. The average molecular weight is 298 g/mol. The molecule has 0 spiro atoms. The van der Waals surface area contributed by atoms with Crippen molar-refractivity contribution in [1.82, 2.24) is 10.3 Å². The molecular formula is C17H18N2O3. The number of ether oxygens (including phenoxy) is 2. The molecule has 0 aliphatic carbocycles. The molecule has 1 aliphatic rings. The van der Waals surface area contributed by atoms with E-state index in [-0.39, 0.29) is 11.8 Å². The van der Waals surface area contributed by atoms with Crippen LogP contribution in [0.4, 0.5) is 0 Å². The van der Waals surface area contributed by atoms with Gasteiger partial charge in [-0.05, 0) is 24.1 Å². The molecule has 0 saturated heterocycles. The molecule has 0 fully saturated rings. The predicted molar refractivity (Wildman–Crippen MR) is 82.3 cm³/mol. The number of pyridine rings is 1. The van der Waals surface area contributed by atoms with Crippen molar-refractivity contribution in [3.8, 4) is 11.6 Å². The lowest BCUT2D eigenvalue weighted by Gasteiger charge is -2.25. The smallest absolute Gasteiger partial charge is 0.251 e. The number of amides is 1. The lowest BCUT2D eigenvalue weighted by Crippen LogP contribution is -2.34. The summed E-state index contributed by atoms with van der Waals surface area (Å²) in [4.78, 5) is 16.2. The molecule has 1 N–H and O–H groups in total. The van der Waals surface area contributed by atoms with Crippen molar-refractivity contribution in [2.75, 3.05) is 20.3 Å². The van der Waals surface area contributed by atoms with Crippen LogP contribution in [0.3, 0.4) is 0 Å². The second kappa shape index (κ2) is 6.47. The van der Waals surface area contributed by atoms with Gasteiger partial charge < -0.3 is 14.8 Å². The first-order chi connectivity index (χ1) is 10.8. The van der Waals surface area contributed by atoms with Crippen molar-refractivity contribution in [3.05, 3.63) is 53.7 Å². The zero-order valence-corrected chi connectivity index (χ0v) is 12.4. The van der Waals surface area contributed by atoms with Gasteiger partial charge in [0.1, 0.15) is 5.75 Å². The monoisotopic (exact) mass is 298 g/mol. The Kier molecular flexibility index (Phi) is 4.23. The van der Waals surface area contributed by atoms with E-state index in [1.165, 1.54) is 12.7 Å². The average Bonchev–Trinajstić information content (AvgIpc) is 2.59. The Morgan fingerprint density at radius 2 is 2.27 bits per heavy atom. The standard InChI is InChI=1S/C17H18N2O3/c1-21-16-9-14(6-7-18-16)17(20)19-10-12-8-13-4-2-3-5-15(13)22-11-12/h2-7,9,12H,8,10-11H2,1H3,(H,19,20)/t12-/m0/s1. The third-order valence-electron chi connectivity index (χ3n) is 3.71.